The Morgan fingerprint density at radius 3 is 2.31 bits per heavy atom. The fraction of sp³-hybridized carbons (Fsp3) is 0.143. The van der Waals surface area contributed by atoms with Gasteiger partial charge >= 0.3 is 0 Å². The van der Waals surface area contributed by atoms with Gasteiger partial charge < -0.3 is 19.7 Å². The van der Waals surface area contributed by atoms with Gasteiger partial charge in [0.05, 0.1) is 18.2 Å². The number of hydrogen-bond acceptors (Lipinski definition) is 5. The van der Waals surface area contributed by atoms with Crippen molar-refractivity contribution >= 4 is 16.9 Å². The first-order valence-electron chi connectivity index (χ1n) is 11.4. The van der Waals surface area contributed by atoms with E-state index in [9.17, 15) is 13.9 Å². The number of methoxy groups -OCH3 is 1. The molecule has 0 amide bonds. The van der Waals surface area contributed by atoms with Crippen LogP contribution in [0.4, 0.5) is 14.6 Å². The lowest BCUT2D eigenvalue weighted by Gasteiger charge is -2.16. The predicted molar refractivity (Wildman–Crippen MR) is 135 cm³/mol. The van der Waals surface area contributed by atoms with Crippen LogP contribution in [0.2, 0.25) is 0 Å². The first-order valence-corrected chi connectivity index (χ1v) is 11.4. The minimum atomic E-state index is -0.641. The number of halogens is 2. The zero-order valence-electron chi connectivity index (χ0n) is 19.7. The fourth-order valence-corrected chi connectivity index (χ4v) is 4.28. The number of phenols is 1. The molecule has 0 spiro atoms. The van der Waals surface area contributed by atoms with Crippen LogP contribution in [0, 0.1) is 11.6 Å². The molecule has 0 aliphatic carbocycles. The minimum Gasteiger partial charge on any atom is -0.508 e. The largest absolute Gasteiger partial charge is 0.508 e. The van der Waals surface area contributed by atoms with Crippen LogP contribution in [-0.4, -0.2) is 26.8 Å². The van der Waals surface area contributed by atoms with E-state index in [2.05, 4.69) is 15.3 Å². The lowest BCUT2D eigenvalue weighted by molar-refractivity contribution is 0.414. The van der Waals surface area contributed by atoms with Gasteiger partial charge in [-0.05, 0) is 78.2 Å². The highest BCUT2D eigenvalue weighted by Crippen LogP contribution is 2.33. The number of nitrogens with one attached hydrogen (secondary N) is 1. The number of benzene rings is 3. The average molecular weight is 487 g/mol. The molecular weight excluding hydrogens is 462 g/mol. The molecule has 0 bridgehead atoms. The number of fused-ring (bicyclic) bond motifs is 1. The van der Waals surface area contributed by atoms with Gasteiger partial charge in [-0.25, -0.2) is 18.7 Å². The first-order chi connectivity index (χ1) is 17.4. The molecule has 0 aliphatic rings. The zero-order valence-corrected chi connectivity index (χ0v) is 19.7. The molecule has 3 aromatic carbocycles. The highest BCUT2D eigenvalue weighted by atomic mass is 19.1. The number of aromatic hydroxyl groups is 1. The molecule has 6 nitrogen and oxygen atoms in total. The summed E-state index contributed by atoms with van der Waals surface area (Å²) in [6.07, 6.45) is 1.47. The van der Waals surface area contributed by atoms with Gasteiger partial charge in [0.25, 0.3) is 0 Å². The van der Waals surface area contributed by atoms with Gasteiger partial charge in [-0.2, -0.15) is 0 Å². The Hall–Kier alpha value is -4.46. The van der Waals surface area contributed by atoms with Crippen molar-refractivity contribution in [2.75, 3.05) is 12.4 Å². The quantitative estimate of drug-likeness (QED) is 0.282. The molecule has 8 heteroatoms. The molecule has 5 aromatic rings. The maximum absolute atomic E-state index is 13.9. The number of rotatable bonds is 7. The van der Waals surface area contributed by atoms with Gasteiger partial charge in [-0.3, -0.25) is 0 Å². The van der Waals surface area contributed by atoms with Crippen LogP contribution in [0.3, 0.4) is 0 Å². The van der Waals surface area contributed by atoms with E-state index in [1.165, 1.54) is 18.5 Å². The number of nitrogens with zero attached hydrogens (tertiary/aromatic N) is 3. The average Bonchev–Trinajstić information content (AvgIpc) is 3.23. The van der Waals surface area contributed by atoms with E-state index < -0.39 is 11.6 Å². The Balaban J connectivity index is 1.59. The van der Waals surface area contributed by atoms with Gasteiger partial charge in [-0.1, -0.05) is 12.1 Å². The van der Waals surface area contributed by atoms with Crippen LogP contribution in [0.15, 0.2) is 79.1 Å². The maximum Gasteiger partial charge on any atom is 0.146 e. The van der Waals surface area contributed by atoms with Crippen molar-refractivity contribution < 1.29 is 18.6 Å². The van der Waals surface area contributed by atoms with Gasteiger partial charge in [0.1, 0.15) is 40.9 Å². The summed E-state index contributed by atoms with van der Waals surface area (Å²) >= 11 is 0. The number of ether oxygens (including phenoxy) is 1. The smallest absolute Gasteiger partial charge is 0.146 e. The van der Waals surface area contributed by atoms with Gasteiger partial charge in [-0.15, -0.1) is 0 Å². The van der Waals surface area contributed by atoms with Crippen molar-refractivity contribution in [2.24, 2.45) is 0 Å². The van der Waals surface area contributed by atoms with Gasteiger partial charge in [0, 0.05) is 18.7 Å². The van der Waals surface area contributed by atoms with Gasteiger partial charge in [0.2, 0.25) is 0 Å². The summed E-state index contributed by atoms with van der Waals surface area (Å²) in [7, 11) is 1.63. The van der Waals surface area contributed by atoms with Crippen molar-refractivity contribution in [1.82, 2.24) is 14.5 Å². The summed E-state index contributed by atoms with van der Waals surface area (Å²) < 4.78 is 35.0. The second-order valence-corrected chi connectivity index (χ2v) is 8.54. The van der Waals surface area contributed by atoms with E-state index in [-0.39, 0.29) is 18.3 Å². The molecule has 0 fully saturated rings. The standard InChI is InChI=1S/C28H24F2N4O2/c1-17(19-5-9-24(36-2)10-6-19)33-27-25-14-26(20-3-7-23(35)8-4-20)34(28(25)32-16-31-27)15-18-11-21(29)13-22(30)12-18/h3-14,16-17,35H,15H2,1-2H3,(H,31,32,33)/t17-/m1/s1. The maximum atomic E-state index is 13.9. The molecule has 0 aliphatic heterocycles. The molecular formula is C28H24F2N4O2. The Morgan fingerprint density at radius 1 is 0.944 bits per heavy atom. The summed E-state index contributed by atoms with van der Waals surface area (Å²) in [6, 6.07) is 19.9. The van der Waals surface area contributed by atoms with Crippen molar-refractivity contribution in [1.29, 1.82) is 0 Å². The summed E-state index contributed by atoms with van der Waals surface area (Å²) in [5.41, 5.74) is 3.72. The highest BCUT2D eigenvalue weighted by Gasteiger charge is 2.18. The van der Waals surface area contributed by atoms with Crippen LogP contribution in [-0.2, 0) is 6.54 Å². The third kappa shape index (κ3) is 4.70. The van der Waals surface area contributed by atoms with Crippen molar-refractivity contribution in [3.05, 3.63) is 102 Å². The zero-order chi connectivity index (χ0) is 25.2. The van der Waals surface area contributed by atoms with Crippen molar-refractivity contribution in [3.63, 3.8) is 0 Å². The number of phenolic OH excluding ortho intramolecular Hbond substituents is 1. The predicted octanol–water partition coefficient (Wildman–Crippen LogP) is 6.31. The van der Waals surface area contributed by atoms with Crippen LogP contribution >= 0.6 is 0 Å². The molecule has 182 valence electrons. The van der Waals surface area contributed by atoms with Crippen LogP contribution in [0.1, 0.15) is 24.1 Å². The molecule has 2 N–H and O–H groups in total. The van der Waals surface area contributed by atoms with E-state index >= 15 is 0 Å². The summed E-state index contributed by atoms with van der Waals surface area (Å²) in [5.74, 6) is 0.271. The van der Waals surface area contributed by atoms with Crippen LogP contribution in [0.25, 0.3) is 22.3 Å². The monoisotopic (exact) mass is 486 g/mol. The number of anilines is 1. The molecule has 0 radical (unpaired) electrons. The van der Waals surface area contributed by atoms with E-state index in [0.29, 0.717) is 17.0 Å². The molecule has 2 heterocycles. The number of aromatic nitrogens is 3. The third-order valence-electron chi connectivity index (χ3n) is 6.09. The molecule has 0 saturated carbocycles. The summed E-state index contributed by atoms with van der Waals surface area (Å²) in [4.78, 5) is 8.99. The molecule has 0 saturated heterocycles. The molecule has 2 aromatic heterocycles. The van der Waals surface area contributed by atoms with E-state index in [0.717, 1.165) is 34.0 Å². The van der Waals surface area contributed by atoms with Crippen molar-refractivity contribution in [3.8, 4) is 22.8 Å². The van der Waals surface area contributed by atoms with E-state index in [4.69, 9.17) is 4.74 Å². The normalized spacial score (nSPS) is 12.0. The Bertz CT molecular complexity index is 1500. The summed E-state index contributed by atoms with van der Waals surface area (Å²) in [6.45, 7) is 2.22. The second kappa shape index (κ2) is 9.65. The van der Waals surface area contributed by atoms with E-state index in [1.54, 1.807) is 31.4 Å². The van der Waals surface area contributed by atoms with Gasteiger partial charge in [0.15, 0.2) is 0 Å². The minimum absolute atomic E-state index is 0.0632. The Labute approximate surface area is 206 Å². The first kappa shape index (κ1) is 23.3. The number of hydrogen-bond donors (Lipinski definition) is 2. The highest BCUT2D eigenvalue weighted by molar-refractivity contribution is 5.92. The topological polar surface area (TPSA) is 72.2 Å². The molecule has 5 rings (SSSR count). The third-order valence-corrected chi connectivity index (χ3v) is 6.09. The molecule has 0 unspecified atom stereocenters. The molecule has 36 heavy (non-hydrogen) atoms. The summed E-state index contributed by atoms with van der Waals surface area (Å²) in [5, 5.41) is 14.0. The van der Waals surface area contributed by atoms with Crippen molar-refractivity contribution in [2.45, 2.75) is 19.5 Å². The lowest BCUT2D eigenvalue weighted by Crippen LogP contribution is -2.09. The SMILES string of the molecule is COc1ccc([C@@H](C)Nc2ncnc3c2cc(-c2ccc(O)cc2)n3Cc2cc(F)cc(F)c2)cc1. The molecule has 1 atom stereocenters. The van der Waals surface area contributed by atoms with Crippen LogP contribution in [0.5, 0.6) is 11.5 Å². The Kier molecular flexibility index (Phi) is 6.25. The lowest BCUT2D eigenvalue weighted by atomic mass is 10.1. The van der Waals surface area contributed by atoms with E-state index in [1.807, 2.05) is 41.8 Å². The fourth-order valence-electron chi connectivity index (χ4n) is 4.28. The second-order valence-electron chi connectivity index (χ2n) is 8.54. The Morgan fingerprint density at radius 2 is 1.64 bits per heavy atom. The van der Waals surface area contributed by atoms with Crippen LogP contribution < -0.4 is 10.1 Å².